The second kappa shape index (κ2) is 6.82. The Morgan fingerprint density at radius 3 is 2.26 bits per heavy atom. The van der Waals surface area contributed by atoms with Crippen molar-refractivity contribution >= 4 is 17.8 Å². The number of benzene rings is 1. The van der Waals surface area contributed by atoms with Crippen LogP contribution >= 0.6 is 0 Å². The van der Waals surface area contributed by atoms with Crippen LogP contribution in [-0.2, 0) is 0 Å². The van der Waals surface area contributed by atoms with Gasteiger partial charge in [0.25, 0.3) is 0 Å². The molecule has 1 heterocycles. The number of aryl methyl sites for hydroxylation is 1. The van der Waals surface area contributed by atoms with Crippen molar-refractivity contribution in [2.45, 2.75) is 6.92 Å². The fourth-order valence-corrected chi connectivity index (χ4v) is 2.07. The van der Waals surface area contributed by atoms with E-state index in [1.165, 1.54) is 34.3 Å². The fraction of sp³-hybridized carbons (Fsp3) is 0.267. The van der Waals surface area contributed by atoms with E-state index in [2.05, 4.69) is 5.16 Å². The van der Waals surface area contributed by atoms with Gasteiger partial charge in [-0.2, -0.15) is 0 Å². The first-order valence-electron chi connectivity index (χ1n) is 6.60. The van der Waals surface area contributed by atoms with Crippen LogP contribution < -0.4 is 14.2 Å². The first-order valence-corrected chi connectivity index (χ1v) is 6.60. The predicted molar refractivity (Wildman–Crippen MR) is 82.9 cm³/mol. The number of rotatable bonds is 6. The maximum atomic E-state index is 11.0. The molecule has 0 saturated heterocycles. The topological polar surface area (TPSA) is 96.9 Å². The summed E-state index contributed by atoms with van der Waals surface area (Å²) in [6.45, 7) is 1.49. The van der Waals surface area contributed by atoms with E-state index < -0.39 is 4.92 Å². The zero-order chi connectivity index (χ0) is 17.0. The second-order valence-corrected chi connectivity index (χ2v) is 4.51. The number of aromatic nitrogens is 1. The molecule has 0 fully saturated rings. The van der Waals surface area contributed by atoms with Crippen molar-refractivity contribution < 1.29 is 23.7 Å². The van der Waals surface area contributed by atoms with Gasteiger partial charge in [0, 0.05) is 18.6 Å². The number of hydrogen-bond donors (Lipinski definition) is 0. The van der Waals surface area contributed by atoms with Gasteiger partial charge in [-0.3, -0.25) is 10.1 Å². The third kappa shape index (κ3) is 3.25. The van der Waals surface area contributed by atoms with Gasteiger partial charge in [-0.15, -0.1) is 0 Å². The van der Waals surface area contributed by atoms with Crippen molar-refractivity contribution in [3.05, 3.63) is 39.3 Å². The third-order valence-electron chi connectivity index (χ3n) is 3.20. The average molecular weight is 320 g/mol. The highest BCUT2D eigenvalue weighted by Crippen LogP contribution is 2.36. The van der Waals surface area contributed by atoms with Crippen molar-refractivity contribution in [3.63, 3.8) is 0 Å². The van der Waals surface area contributed by atoms with E-state index in [9.17, 15) is 10.1 Å². The molecule has 8 heteroatoms. The minimum absolute atomic E-state index is 0.129. The lowest BCUT2D eigenvalue weighted by molar-refractivity contribution is -0.386. The molecule has 0 N–H and O–H groups in total. The molecule has 0 aliphatic heterocycles. The van der Waals surface area contributed by atoms with Gasteiger partial charge in [-0.1, -0.05) is 5.16 Å². The van der Waals surface area contributed by atoms with E-state index in [0.29, 0.717) is 22.8 Å². The summed E-state index contributed by atoms with van der Waals surface area (Å²) in [5.74, 6) is 1.71. The lowest BCUT2D eigenvalue weighted by Crippen LogP contribution is -1.94. The maximum Gasteiger partial charge on any atom is 0.338 e. The fourth-order valence-electron chi connectivity index (χ4n) is 2.07. The number of ether oxygens (including phenoxy) is 3. The zero-order valence-corrected chi connectivity index (χ0v) is 13.2. The van der Waals surface area contributed by atoms with Crippen LogP contribution in [0.5, 0.6) is 17.2 Å². The summed E-state index contributed by atoms with van der Waals surface area (Å²) in [6, 6.07) is 3.37. The van der Waals surface area contributed by atoms with Gasteiger partial charge in [0.1, 0.15) is 5.75 Å². The molecular weight excluding hydrogens is 304 g/mol. The molecule has 0 aliphatic carbocycles. The van der Waals surface area contributed by atoms with Gasteiger partial charge in [0.05, 0.1) is 26.3 Å². The molecule has 0 aliphatic rings. The Morgan fingerprint density at radius 2 is 1.70 bits per heavy atom. The Balaban J connectivity index is 2.45. The summed E-state index contributed by atoms with van der Waals surface area (Å²) in [7, 11) is 4.55. The average Bonchev–Trinajstić information content (AvgIpc) is 2.92. The molecule has 0 amide bonds. The Hall–Kier alpha value is -3.03. The highest BCUT2D eigenvalue weighted by Gasteiger charge is 2.22. The largest absolute Gasteiger partial charge is 0.496 e. The molecule has 23 heavy (non-hydrogen) atoms. The van der Waals surface area contributed by atoms with E-state index in [1.807, 2.05) is 0 Å². The molecule has 0 spiro atoms. The van der Waals surface area contributed by atoms with Gasteiger partial charge in [-0.05, 0) is 18.2 Å². The van der Waals surface area contributed by atoms with Crippen LogP contribution in [0.1, 0.15) is 17.0 Å². The molecule has 0 bridgehead atoms. The van der Waals surface area contributed by atoms with Gasteiger partial charge >= 0.3 is 5.69 Å². The number of methoxy groups -OCH3 is 3. The Morgan fingerprint density at radius 1 is 1.09 bits per heavy atom. The van der Waals surface area contributed by atoms with Crippen LogP contribution in [0, 0.1) is 17.0 Å². The van der Waals surface area contributed by atoms with Crippen LogP contribution in [0.2, 0.25) is 0 Å². The summed E-state index contributed by atoms with van der Waals surface area (Å²) in [4.78, 5) is 10.5. The summed E-state index contributed by atoms with van der Waals surface area (Å²) >= 11 is 0. The molecule has 122 valence electrons. The molecular formula is C15H16N2O6. The summed E-state index contributed by atoms with van der Waals surface area (Å²) in [6.07, 6.45) is 3.11. The summed E-state index contributed by atoms with van der Waals surface area (Å²) in [5, 5.41) is 14.7. The highest BCUT2D eigenvalue weighted by atomic mass is 16.6. The molecule has 0 unspecified atom stereocenters. The Labute approximate surface area is 132 Å². The molecule has 2 aromatic rings. The van der Waals surface area contributed by atoms with E-state index in [4.69, 9.17) is 18.7 Å². The van der Waals surface area contributed by atoms with Crippen LogP contribution in [0.15, 0.2) is 16.7 Å². The van der Waals surface area contributed by atoms with E-state index in [-0.39, 0.29) is 17.1 Å². The van der Waals surface area contributed by atoms with Crippen molar-refractivity contribution in [3.8, 4) is 17.2 Å². The van der Waals surface area contributed by atoms with Crippen LogP contribution in [-0.4, -0.2) is 31.4 Å². The van der Waals surface area contributed by atoms with E-state index in [1.54, 1.807) is 18.2 Å². The summed E-state index contributed by atoms with van der Waals surface area (Å²) < 4.78 is 20.6. The highest BCUT2D eigenvalue weighted by molar-refractivity contribution is 5.76. The minimum Gasteiger partial charge on any atom is -0.496 e. The van der Waals surface area contributed by atoms with Crippen molar-refractivity contribution in [2.75, 3.05) is 21.3 Å². The Kier molecular flexibility index (Phi) is 4.85. The maximum absolute atomic E-state index is 11.0. The molecule has 0 saturated carbocycles. The van der Waals surface area contributed by atoms with Crippen molar-refractivity contribution in [1.82, 2.24) is 5.16 Å². The summed E-state index contributed by atoms with van der Waals surface area (Å²) in [5.41, 5.74) is 0.616. The number of hydrogen-bond acceptors (Lipinski definition) is 7. The monoisotopic (exact) mass is 320 g/mol. The lowest BCUT2D eigenvalue weighted by atomic mass is 10.1. The smallest absolute Gasteiger partial charge is 0.338 e. The minimum atomic E-state index is -0.530. The third-order valence-corrected chi connectivity index (χ3v) is 3.20. The van der Waals surface area contributed by atoms with Crippen LogP contribution in [0.4, 0.5) is 5.69 Å². The van der Waals surface area contributed by atoms with Gasteiger partial charge in [0.15, 0.2) is 17.2 Å². The molecule has 0 radical (unpaired) electrons. The van der Waals surface area contributed by atoms with Crippen molar-refractivity contribution in [2.24, 2.45) is 0 Å². The molecule has 1 aromatic carbocycles. The lowest BCUT2D eigenvalue weighted by Gasteiger charge is -2.11. The van der Waals surface area contributed by atoms with Gasteiger partial charge < -0.3 is 18.7 Å². The SMILES string of the molecule is COc1cc(OC)c(OC)cc1/C=C/c1noc(C)c1[N+](=O)[O-]. The molecule has 8 nitrogen and oxygen atoms in total. The molecule has 0 atom stereocenters. The van der Waals surface area contributed by atoms with Gasteiger partial charge in [-0.25, -0.2) is 0 Å². The number of nitrogens with zero attached hydrogens (tertiary/aromatic N) is 2. The van der Waals surface area contributed by atoms with Crippen molar-refractivity contribution in [1.29, 1.82) is 0 Å². The Bertz CT molecular complexity index is 751. The van der Waals surface area contributed by atoms with E-state index in [0.717, 1.165) is 0 Å². The normalized spacial score (nSPS) is 10.8. The first-order chi connectivity index (χ1) is 11.0. The van der Waals surface area contributed by atoms with Crippen LogP contribution in [0.3, 0.4) is 0 Å². The zero-order valence-electron chi connectivity index (χ0n) is 13.2. The first kappa shape index (κ1) is 16.3. The molecule has 1 aromatic heterocycles. The second-order valence-electron chi connectivity index (χ2n) is 4.51. The van der Waals surface area contributed by atoms with Crippen LogP contribution in [0.25, 0.3) is 12.2 Å². The molecule has 2 rings (SSSR count). The standard InChI is InChI=1S/C15H16N2O6/c1-9-15(17(18)19)11(16-23-9)6-5-10-7-13(21-3)14(22-4)8-12(10)20-2/h5-8H,1-4H3/b6-5+. The van der Waals surface area contributed by atoms with Gasteiger partial charge in [0.2, 0.25) is 5.76 Å². The quantitative estimate of drug-likeness (QED) is 0.596. The predicted octanol–water partition coefficient (Wildman–Crippen LogP) is 3.09. The number of nitro groups is 1. The van der Waals surface area contributed by atoms with E-state index >= 15 is 0 Å².